The molecule has 2 aromatic heterocycles. The summed E-state index contributed by atoms with van der Waals surface area (Å²) in [5.41, 5.74) is 5.60. The van der Waals surface area contributed by atoms with Gasteiger partial charge in [0.2, 0.25) is 0 Å². The Labute approximate surface area is 192 Å². The highest BCUT2D eigenvalue weighted by atomic mass is 35.5. The molecule has 0 radical (unpaired) electrons. The van der Waals surface area contributed by atoms with Crippen LogP contribution in [-0.4, -0.2) is 52.2 Å². The van der Waals surface area contributed by atoms with Crippen molar-refractivity contribution in [3.05, 3.63) is 70.3 Å². The summed E-state index contributed by atoms with van der Waals surface area (Å²) < 4.78 is 19.9. The van der Waals surface area contributed by atoms with Crippen molar-refractivity contribution in [1.82, 2.24) is 18.9 Å². The van der Waals surface area contributed by atoms with Crippen LogP contribution in [0.1, 0.15) is 16.7 Å². The van der Waals surface area contributed by atoms with Gasteiger partial charge in [-0.15, -0.1) is 0 Å². The molecule has 6 heteroatoms. The second-order valence-electron chi connectivity index (χ2n) is 9.79. The quantitative estimate of drug-likeness (QED) is 0.438. The molecule has 4 aromatic rings. The number of aromatic nitrogens is 2. The van der Waals surface area contributed by atoms with Gasteiger partial charge in [0, 0.05) is 65.5 Å². The van der Waals surface area contributed by atoms with Crippen molar-refractivity contribution in [2.75, 3.05) is 21.1 Å². The van der Waals surface area contributed by atoms with E-state index in [1.807, 2.05) is 6.07 Å². The second-order valence-corrected chi connectivity index (χ2v) is 10.2. The van der Waals surface area contributed by atoms with Crippen LogP contribution in [0, 0.1) is 5.82 Å². The first-order valence-electron chi connectivity index (χ1n) is 11.3. The van der Waals surface area contributed by atoms with Gasteiger partial charge in [0.1, 0.15) is 5.82 Å². The Hall–Kier alpha value is -2.34. The van der Waals surface area contributed by atoms with Crippen molar-refractivity contribution in [1.29, 1.82) is 0 Å². The summed E-state index contributed by atoms with van der Waals surface area (Å²) in [6.07, 6.45) is 6.00. The summed E-state index contributed by atoms with van der Waals surface area (Å²) >= 11 is 6.37. The number of halogens is 2. The first kappa shape index (κ1) is 20.3. The molecule has 2 aromatic carbocycles. The van der Waals surface area contributed by atoms with Crippen LogP contribution in [0.5, 0.6) is 0 Å². The van der Waals surface area contributed by atoms with Gasteiger partial charge in [0.05, 0.1) is 11.0 Å². The van der Waals surface area contributed by atoms with Gasteiger partial charge in [-0.1, -0.05) is 11.6 Å². The van der Waals surface area contributed by atoms with Crippen LogP contribution < -0.4 is 0 Å². The first-order valence-corrected chi connectivity index (χ1v) is 11.7. The predicted octanol–water partition coefficient (Wildman–Crippen LogP) is 4.93. The highest BCUT2D eigenvalue weighted by molar-refractivity contribution is 6.31. The minimum atomic E-state index is -0.0692. The third-order valence-corrected chi connectivity index (χ3v) is 7.79. The molecule has 0 N–H and O–H groups in total. The van der Waals surface area contributed by atoms with E-state index in [0.29, 0.717) is 12.1 Å². The van der Waals surface area contributed by atoms with Gasteiger partial charge in [0.15, 0.2) is 0 Å². The number of hydrogen-bond acceptors (Lipinski definition) is 2. The molecular formula is C26H28ClFN4. The fourth-order valence-corrected chi connectivity index (χ4v) is 6.05. The summed E-state index contributed by atoms with van der Waals surface area (Å²) in [6.45, 7) is 2.57. The van der Waals surface area contributed by atoms with E-state index >= 15 is 4.39 Å². The summed E-state index contributed by atoms with van der Waals surface area (Å²) in [5, 5.41) is 3.19. The summed E-state index contributed by atoms with van der Waals surface area (Å²) in [5.74, 6) is -0.0692. The molecule has 0 amide bonds. The van der Waals surface area contributed by atoms with E-state index in [4.69, 9.17) is 11.6 Å². The van der Waals surface area contributed by atoms with E-state index in [1.54, 1.807) is 6.07 Å². The normalized spacial score (nSPS) is 20.2. The summed E-state index contributed by atoms with van der Waals surface area (Å²) in [7, 11) is 6.31. The predicted molar refractivity (Wildman–Crippen MR) is 129 cm³/mol. The topological polar surface area (TPSA) is 16.3 Å². The lowest BCUT2D eigenvalue weighted by molar-refractivity contribution is 0.207. The fourth-order valence-electron chi connectivity index (χ4n) is 5.80. The highest BCUT2D eigenvalue weighted by Gasteiger charge is 2.28. The molecule has 0 fully saturated rings. The summed E-state index contributed by atoms with van der Waals surface area (Å²) in [4.78, 5) is 4.57. The first-order chi connectivity index (χ1) is 15.4. The van der Waals surface area contributed by atoms with Crippen LogP contribution >= 0.6 is 11.6 Å². The van der Waals surface area contributed by atoms with Crippen LogP contribution in [0.2, 0.25) is 5.02 Å². The van der Waals surface area contributed by atoms with E-state index in [-0.39, 0.29) is 5.82 Å². The van der Waals surface area contributed by atoms with Crippen LogP contribution in [-0.2, 0) is 32.5 Å². The Morgan fingerprint density at radius 3 is 2.53 bits per heavy atom. The largest absolute Gasteiger partial charge is 0.346 e. The smallest absolute Gasteiger partial charge is 0.128 e. The molecule has 2 aliphatic rings. The molecule has 2 aliphatic heterocycles. The van der Waals surface area contributed by atoms with Crippen LogP contribution in [0.3, 0.4) is 0 Å². The van der Waals surface area contributed by atoms with Gasteiger partial charge in [-0.05, 0) is 75.4 Å². The Kier molecular flexibility index (Phi) is 4.65. The second kappa shape index (κ2) is 7.34. The number of rotatable bonds is 4. The Morgan fingerprint density at radius 2 is 1.72 bits per heavy atom. The molecule has 6 rings (SSSR count). The molecular weight excluding hydrogens is 423 g/mol. The van der Waals surface area contributed by atoms with E-state index in [1.165, 1.54) is 21.9 Å². The zero-order valence-corrected chi connectivity index (χ0v) is 19.5. The molecule has 4 heterocycles. The summed E-state index contributed by atoms with van der Waals surface area (Å²) in [6, 6.07) is 10.9. The van der Waals surface area contributed by atoms with Crippen LogP contribution in [0.15, 0.2) is 42.7 Å². The van der Waals surface area contributed by atoms with Crippen molar-refractivity contribution in [2.24, 2.45) is 0 Å². The van der Waals surface area contributed by atoms with Crippen molar-refractivity contribution in [3.63, 3.8) is 0 Å². The van der Waals surface area contributed by atoms with E-state index < -0.39 is 0 Å². The molecule has 166 valence electrons. The van der Waals surface area contributed by atoms with Crippen molar-refractivity contribution >= 4 is 33.4 Å². The molecule has 32 heavy (non-hydrogen) atoms. The Balaban J connectivity index is 1.31. The highest BCUT2D eigenvalue weighted by Crippen LogP contribution is 2.34. The number of hydrogen-bond donors (Lipinski definition) is 0. The van der Waals surface area contributed by atoms with Crippen LogP contribution in [0.4, 0.5) is 4.39 Å². The third-order valence-electron chi connectivity index (χ3n) is 7.57. The number of likely N-dealkylation sites (N-methyl/N-ethyl adjacent to an activating group) is 2. The maximum atomic E-state index is 15.3. The molecule has 4 nitrogen and oxygen atoms in total. The van der Waals surface area contributed by atoms with Gasteiger partial charge in [-0.3, -0.25) is 4.90 Å². The van der Waals surface area contributed by atoms with Crippen molar-refractivity contribution < 1.29 is 4.39 Å². The lowest BCUT2D eigenvalue weighted by Gasteiger charge is -2.33. The standard InChI is InChI=1S/C26H28ClFN4/c1-29(2)20-12-23-24(28)11-18(22-5-7-32(14-20)26(22)23)13-30(3)21-10-17-9-19(27)8-16-4-6-31(15-21)25(16)17/h4-9,11,20-21H,10,12-15H2,1-3H3. The van der Waals surface area contributed by atoms with E-state index in [2.05, 4.69) is 70.7 Å². The molecule has 2 unspecified atom stereocenters. The van der Waals surface area contributed by atoms with Gasteiger partial charge in [-0.25, -0.2) is 4.39 Å². The maximum absolute atomic E-state index is 15.3. The van der Waals surface area contributed by atoms with Crippen LogP contribution in [0.25, 0.3) is 21.8 Å². The molecule has 0 spiro atoms. The van der Waals surface area contributed by atoms with E-state index in [9.17, 15) is 0 Å². The monoisotopic (exact) mass is 450 g/mol. The zero-order chi connectivity index (χ0) is 22.1. The molecule has 0 aliphatic carbocycles. The lowest BCUT2D eigenvalue weighted by Crippen LogP contribution is -2.39. The Bertz CT molecular complexity index is 1350. The minimum Gasteiger partial charge on any atom is -0.346 e. The van der Waals surface area contributed by atoms with Gasteiger partial charge >= 0.3 is 0 Å². The van der Waals surface area contributed by atoms with E-state index in [0.717, 1.165) is 54.1 Å². The van der Waals surface area contributed by atoms with Crippen molar-refractivity contribution in [3.8, 4) is 0 Å². The minimum absolute atomic E-state index is 0.0692. The zero-order valence-electron chi connectivity index (χ0n) is 18.8. The molecule has 0 saturated carbocycles. The average Bonchev–Trinajstić information content (AvgIpc) is 3.36. The number of benzene rings is 2. The molecule has 0 bridgehead atoms. The third kappa shape index (κ3) is 3.10. The average molecular weight is 451 g/mol. The van der Waals surface area contributed by atoms with Gasteiger partial charge in [0.25, 0.3) is 0 Å². The van der Waals surface area contributed by atoms with Gasteiger partial charge < -0.3 is 14.0 Å². The van der Waals surface area contributed by atoms with Gasteiger partial charge in [-0.2, -0.15) is 0 Å². The molecule has 2 atom stereocenters. The number of nitrogens with zero attached hydrogens (tertiary/aromatic N) is 4. The maximum Gasteiger partial charge on any atom is 0.128 e. The molecule has 0 saturated heterocycles. The fraction of sp³-hybridized carbons (Fsp3) is 0.385. The van der Waals surface area contributed by atoms with Crippen molar-refractivity contribution in [2.45, 2.75) is 44.6 Å². The Morgan fingerprint density at radius 1 is 0.969 bits per heavy atom. The lowest BCUT2D eigenvalue weighted by atomic mass is 9.95. The SMILES string of the molecule is CN(C)C1Cc2c(F)cc(CN(C)C3Cc4cc(Cl)cc5ccn(c45)C3)c3ccn(c23)C1.